The first-order chi connectivity index (χ1) is 6.18. The number of halogens is 1. The lowest BCUT2D eigenvalue weighted by molar-refractivity contribution is -0.0924. The Labute approximate surface area is 88.8 Å². The number of anilines is 1. The Morgan fingerprint density at radius 1 is 1.62 bits per heavy atom. The van der Waals surface area contributed by atoms with Crippen molar-refractivity contribution >= 4 is 32.4 Å². The fourth-order valence-electron chi connectivity index (χ4n) is 1.12. The largest absolute Gasteiger partial charge is 0.380 e. The fraction of sp³-hybridized carbons (Fsp3) is 0.714. The Bertz CT molecular complexity index is 300. The standard InChI is InChI=1S/C7H10BrN3OS/c1-7(3-12-4-7)2-9-6-11-10-5(8)13-6/h2-4H2,1H3,(H,9,11). The van der Waals surface area contributed by atoms with E-state index in [9.17, 15) is 0 Å². The molecule has 0 atom stereocenters. The molecule has 13 heavy (non-hydrogen) atoms. The summed E-state index contributed by atoms with van der Waals surface area (Å²) in [5.41, 5.74) is 0.276. The highest BCUT2D eigenvalue weighted by Crippen LogP contribution is 2.28. The highest BCUT2D eigenvalue weighted by molar-refractivity contribution is 9.11. The summed E-state index contributed by atoms with van der Waals surface area (Å²) in [5, 5.41) is 11.9. The van der Waals surface area contributed by atoms with Crippen LogP contribution < -0.4 is 5.32 Å². The van der Waals surface area contributed by atoms with Gasteiger partial charge in [-0.15, -0.1) is 10.2 Å². The normalized spacial score (nSPS) is 19.5. The first kappa shape index (κ1) is 9.36. The lowest BCUT2D eigenvalue weighted by atomic mass is 9.89. The third-order valence-electron chi connectivity index (χ3n) is 1.97. The molecule has 0 radical (unpaired) electrons. The van der Waals surface area contributed by atoms with Gasteiger partial charge in [-0.3, -0.25) is 0 Å². The van der Waals surface area contributed by atoms with Crippen molar-refractivity contribution in [2.45, 2.75) is 6.92 Å². The van der Waals surface area contributed by atoms with Gasteiger partial charge in [0.15, 0.2) is 3.92 Å². The van der Waals surface area contributed by atoms with E-state index in [4.69, 9.17) is 4.74 Å². The van der Waals surface area contributed by atoms with E-state index >= 15 is 0 Å². The molecule has 4 nitrogen and oxygen atoms in total. The number of hydrogen-bond acceptors (Lipinski definition) is 5. The molecule has 1 saturated heterocycles. The van der Waals surface area contributed by atoms with E-state index in [1.807, 2.05) is 0 Å². The van der Waals surface area contributed by atoms with Crippen molar-refractivity contribution in [3.63, 3.8) is 0 Å². The van der Waals surface area contributed by atoms with Crippen LogP contribution in [-0.2, 0) is 4.74 Å². The SMILES string of the molecule is CC1(CNc2nnc(Br)s2)COC1. The van der Waals surface area contributed by atoms with Gasteiger partial charge in [-0.1, -0.05) is 18.3 Å². The van der Waals surface area contributed by atoms with Gasteiger partial charge >= 0.3 is 0 Å². The lowest BCUT2D eigenvalue weighted by Gasteiger charge is -2.37. The molecule has 6 heteroatoms. The fourth-order valence-corrected chi connectivity index (χ4v) is 2.12. The Morgan fingerprint density at radius 2 is 2.38 bits per heavy atom. The maximum atomic E-state index is 5.15. The van der Waals surface area contributed by atoms with E-state index in [-0.39, 0.29) is 5.41 Å². The molecule has 2 heterocycles. The second-order valence-electron chi connectivity index (χ2n) is 3.52. The average Bonchev–Trinajstić information content (AvgIpc) is 2.44. The van der Waals surface area contributed by atoms with Crippen molar-refractivity contribution in [1.82, 2.24) is 10.2 Å². The zero-order valence-corrected chi connectivity index (χ0v) is 9.61. The maximum absolute atomic E-state index is 5.15. The van der Waals surface area contributed by atoms with Crippen LogP contribution in [-0.4, -0.2) is 30.0 Å². The summed E-state index contributed by atoms with van der Waals surface area (Å²) < 4.78 is 5.96. The minimum atomic E-state index is 0.276. The first-order valence-corrected chi connectivity index (χ1v) is 5.60. The molecule has 0 aromatic carbocycles. The van der Waals surface area contributed by atoms with E-state index in [0.717, 1.165) is 28.8 Å². The van der Waals surface area contributed by atoms with Crippen molar-refractivity contribution in [3.8, 4) is 0 Å². The van der Waals surface area contributed by atoms with Gasteiger partial charge in [0.05, 0.1) is 13.2 Å². The van der Waals surface area contributed by atoms with Crippen molar-refractivity contribution < 1.29 is 4.74 Å². The molecule has 1 aliphatic rings. The summed E-state index contributed by atoms with van der Waals surface area (Å²) in [5.74, 6) is 0. The third-order valence-corrected chi connectivity index (χ3v) is 3.28. The predicted molar refractivity (Wildman–Crippen MR) is 55.0 cm³/mol. The van der Waals surface area contributed by atoms with Gasteiger partial charge < -0.3 is 10.1 Å². The quantitative estimate of drug-likeness (QED) is 0.903. The highest BCUT2D eigenvalue weighted by Gasteiger charge is 2.33. The number of ether oxygens (including phenoxy) is 1. The smallest absolute Gasteiger partial charge is 0.206 e. The van der Waals surface area contributed by atoms with Crippen LogP contribution >= 0.6 is 27.3 Å². The molecule has 0 saturated carbocycles. The van der Waals surface area contributed by atoms with Crippen LogP contribution in [0.4, 0.5) is 5.13 Å². The monoisotopic (exact) mass is 263 g/mol. The third kappa shape index (κ3) is 2.18. The van der Waals surface area contributed by atoms with E-state index in [0.29, 0.717) is 0 Å². The molecule has 1 aromatic rings. The zero-order valence-electron chi connectivity index (χ0n) is 7.21. The number of rotatable bonds is 3. The molecule has 0 aliphatic carbocycles. The number of hydrogen-bond donors (Lipinski definition) is 1. The molecule has 1 aromatic heterocycles. The van der Waals surface area contributed by atoms with E-state index in [1.54, 1.807) is 0 Å². The Balaban J connectivity index is 1.85. The molecule has 0 amide bonds. The lowest BCUT2D eigenvalue weighted by Crippen LogP contribution is -2.45. The Kier molecular flexibility index (Phi) is 2.53. The molecule has 72 valence electrons. The van der Waals surface area contributed by atoms with Crippen LogP contribution in [0.2, 0.25) is 0 Å². The van der Waals surface area contributed by atoms with Gasteiger partial charge in [-0.2, -0.15) is 0 Å². The molecule has 0 unspecified atom stereocenters. The van der Waals surface area contributed by atoms with Crippen molar-refractivity contribution in [3.05, 3.63) is 3.92 Å². The molecule has 2 rings (SSSR count). The summed E-state index contributed by atoms with van der Waals surface area (Å²) in [4.78, 5) is 0. The summed E-state index contributed by atoms with van der Waals surface area (Å²) in [6.07, 6.45) is 0. The van der Waals surface area contributed by atoms with Gasteiger partial charge in [0.25, 0.3) is 0 Å². The van der Waals surface area contributed by atoms with Crippen LogP contribution in [0.1, 0.15) is 6.92 Å². The molecule has 0 bridgehead atoms. The average molecular weight is 264 g/mol. The Hall–Kier alpha value is -0.200. The van der Waals surface area contributed by atoms with Crippen LogP contribution in [0.15, 0.2) is 3.92 Å². The molecule has 0 spiro atoms. The molecular formula is C7H10BrN3OS. The van der Waals surface area contributed by atoms with Gasteiger partial charge in [0.2, 0.25) is 5.13 Å². The summed E-state index contributed by atoms with van der Waals surface area (Å²) in [6.45, 7) is 4.76. The van der Waals surface area contributed by atoms with Gasteiger partial charge in [0.1, 0.15) is 0 Å². The minimum absolute atomic E-state index is 0.276. The number of nitrogens with zero attached hydrogens (tertiary/aromatic N) is 2. The predicted octanol–water partition coefficient (Wildman–Crippen LogP) is 1.75. The first-order valence-electron chi connectivity index (χ1n) is 3.99. The molecule has 1 fully saturated rings. The molecule has 1 N–H and O–H groups in total. The minimum Gasteiger partial charge on any atom is -0.380 e. The van der Waals surface area contributed by atoms with Gasteiger partial charge in [-0.05, 0) is 15.9 Å². The number of nitrogens with one attached hydrogen (secondary N) is 1. The Morgan fingerprint density at radius 3 is 2.85 bits per heavy atom. The van der Waals surface area contributed by atoms with Crippen LogP contribution in [0, 0.1) is 5.41 Å². The second-order valence-corrected chi connectivity index (χ2v) is 5.77. The molecular weight excluding hydrogens is 254 g/mol. The van der Waals surface area contributed by atoms with Crippen LogP contribution in [0.5, 0.6) is 0 Å². The highest BCUT2D eigenvalue weighted by atomic mass is 79.9. The summed E-state index contributed by atoms with van der Waals surface area (Å²) in [6, 6.07) is 0. The van der Waals surface area contributed by atoms with E-state index in [2.05, 4.69) is 38.4 Å². The van der Waals surface area contributed by atoms with Crippen molar-refractivity contribution in [2.75, 3.05) is 25.1 Å². The van der Waals surface area contributed by atoms with Gasteiger partial charge in [-0.25, -0.2) is 0 Å². The summed E-state index contributed by atoms with van der Waals surface area (Å²) in [7, 11) is 0. The molecule has 1 aliphatic heterocycles. The van der Waals surface area contributed by atoms with Crippen LogP contribution in [0.3, 0.4) is 0 Å². The van der Waals surface area contributed by atoms with Crippen molar-refractivity contribution in [1.29, 1.82) is 0 Å². The maximum Gasteiger partial charge on any atom is 0.206 e. The number of aromatic nitrogens is 2. The van der Waals surface area contributed by atoms with Crippen molar-refractivity contribution in [2.24, 2.45) is 5.41 Å². The summed E-state index contributed by atoms with van der Waals surface area (Å²) >= 11 is 4.77. The van der Waals surface area contributed by atoms with Crippen LogP contribution in [0.25, 0.3) is 0 Å². The topological polar surface area (TPSA) is 47.0 Å². The zero-order chi connectivity index (χ0) is 9.31. The van der Waals surface area contributed by atoms with E-state index in [1.165, 1.54) is 11.3 Å². The van der Waals surface area contributed by atoms with E-state index < -0.39 is 0 Å². The second kappa shape index (κ2) is 3.51. The van der Waals surface area contributed by atoms with Gasteiger partial charge in [0, 0.05) is 12.0 Å².